The third kappa shape index (κ3) is 3.89. The summed E-state index contributed by atoms with van der Waals surface area (Å²) >= 11 is 0. The van der Waals surface area contributed by atoms with Gasteiger partial charge in [0.05, 0.1) is 4.92 Å². The molecule has 22 heavy (non-hydrogen) atoms. The second-order valence-corrected chi connectivity index (χ2v) is 4.88. The maximum Gasteiger partial charge on any atom is 0.270 e. The molecule has 1 aliphatic rings. The average molecular weight is 304 g/mol. The van der Waals surface area contributed by atoms with Crippen LogP contribution in [0.1, 0.15) is 5.56 Å². The van der Waals surface area contributed by atoms with Crippen molar-refractivity contribution in [1.82, 2.24) is 10.2 Å². The highest BCUT2D eigenvalue weighted by atomic mass is 16.6. The number of piperazine rings is 1. The van der Waals surface area contributed by atoms with E-state index in [-0.39, 0.29) is 18.1 Å². The molecule has 0 bridgehead atoms. The number of nitro groups is 1. The van der Waals surface area contributed by atoms with Gasteiger partial charge in [-0.3, -0.25) is 19.7 Å². The number of rotatable bonds is 4. The van der Waals surface area contributed by atoms with Crippen molar-refractivity contribution in [1.29, 1.82) is 0 Å². The van der Waals surface area contributed by atoms with Crippen LogP contribution in [0.15, 0.2) is 30.3 Å². The predicted octanol–water partition coefficient (Wildman–Crippen LogP) is -0.106. The number of hydrogen-bond donors (Lipinski definition) is 2. The van der Waals surface area contributed by atoms with Crippen molar-refractivity contribution in [3.05, 3.63) is 46.0 Å². The van der Waals surface area contributed by atoms with Crippen LogP contribution in [-0.4, -0.2) is 47.3 Å². The van der Waals surface area contributed by atoms with Crippen LogP contribution < -0.4 is 11.1 Å². The van der Waals surface area contributed by atoms with Gasteiger partial charge in [0.2, 0.25) is 11.8 Å². The molecule has 1 unspecified atom stereocenters. The van der Waals surface area contributed by atoms with Crippen molar-refractivity contribution < 1.29 is 14.5 Å². The van der Waals surface area contributed by atoms with Crippen LogP contribution in [0, 0.1) is 10.1 Å². The SMILES string of the molecule is NC(=O)C1CN(C(=O)/C=C/c2cccc([N+](=O)[O-])c2)CCN1. The Morgan fingerprint density at radius 2 is 2.23 bits per heavy atom. The number of primary amides is 1. The van der Waals surface area contributed by atoms with Gasteiger partial charge in [-0.15, -0.1) is 0 Å². The number of nitro benzene ring substituents is 1. The number of benzene rings is 1. The summed E-state index contributed by atoms with van der Waals surface area (Å²) in [5.74, 6) is -0.764. The predicted molar refractivity (Wildman–Crippen MR) is 79.7 cm³/mol. The summed E-state index contributed by atoms with van der Waals surface area (Å²) < 4.78 is 0. The molecule has 0 aromatic heterocycles. The van der Waals surface area contributed by atoms with Crippen molar-refractivity contribution in [3.8, 4) is 0 Å². The van der Waals surface area contributed by atoms with Crippen LogP contribution in [0.4, 0.5) is 5.69 Å². The van der Waals surface area contributed by atoms with Crippen LogP contribution in [0.2, 0.25) is 0 Å². The fourth-order valence-electron chi connectivity index (χ4n) is 2.16. The first kappa shape index (κ1) is 15.6. The number of amides is 2. The van der Waals surface area contributed by atoms with Crippen molar-refractivity contribution in [2.75, 3.05) is 19.6 Å². The second-order valence-electron chi connectivity index (χ2n) is 4.88. The molecule has 1 fully saturated rings. The van der Waals surface area contributed by atoms with E-state index in [4.69, 9.17) is 5.73 Å². The van der Waals surface area contributed by atoms with Gasteiger partial charge in [-0.05, 0) is 11.6 Å². The fourth-order valence-corrected chi connectivity index (χ4v) is 2.16. The van der Waals surface area contributed by atoms with Crippen molar-refractivity contribution in [2.24, 2.45) is 5.73 Å². The van der Waals surface area contributed by atoms with Crippen molar-refractivity contribution in [3.63, 3.8) is 0 Å². The van der Waals surface area contributed by atoms with Gasteiger partial charge < -0.3 is 16.0 Å². The number of non-ortho nitro benzene ring substituents is 1. The highest BCUT2D eigenvalue weighted by Gasteiger charge is 2.25. The fraction of sp³-hybridized carbons (Fsp3) is 0.286. The number of carbonyl (C=O) groups excluding carboxylic acids is 2. The highest BCUT2D eigenvalue weighted by molar-refractivity contribution is 5.92. The lowest BCUT2D eigenvalue weighted by Gasteiger charge is -2.31. The zero-order chi connectivity index (χ0) is 16.1. The lowest BCUT2D eigenvalue weighted by molar-refractivity contribution is -0.384. The highest BCUT2D eigenvalue weighted by Crippen LogP contribution is 2.14. The van der Waals surface area contributed by atoms with E-state index in [1.165, 1.54) is 29.2 Å². The Hall–Kier alpha value is -2.74. The lowest BCUT2D eigenvalue weighted by atomic mass is 10.1. The standard InChI is InChI=1S/C14H16N4O4/c15-14(20)12-9-17(7-6-16-12)13(19)5-4-10-2-1-3-11(8-10)18(21)22/h1-5,8,12,16H,6-7,9H2,(H2,15,20)/b5-4+. The Bertz CT molecular complexity index is 629. The maximum absolute atomic E-state index is 12.1. The molecule has 1 saturated heterocycles. The number of nitrogens with one attached hydrogen (secondary N) is 1. The van der Waals surface area contributed by atoms with Crippen molar-refractivity contribution in [2.45, 2.75) is 6.04 Å². The summed E-state index contributed by atoms with van der Waals surface area (Å²) in [5, 5.41) is 13.6. The van der Waals surface area contributed by atoms with Crippen LogP contribution in [0.5, 0.6) is 0 Å². The molecule has 1 aromatic carbocycles. The molecule has 0 saturated carbocycles. The second kappa shape index (κ2) is 6.81. The number of nitrogens with two attached hydrogens (primary N) is 1. The summed E-state index contributed by atoms with van der Waals surface area (Å²) in [6.07, 6.45) is 2.85. The molecular formula is C14H16N4O4. The van der Waals surface area contributed by atoms with Gasteiger partial charge in [-0.1, -0.05) is 12.1 Å². The molecule has 116 valence electrons. The van der Waals surface area contributed by atoms with Gasteiger partial charge in [0.15, 0.2) is 0 Å². The molecule has 2 amide bonds. The van der Waals surface area contributed by atoms with Crippen molar-refractivity contribution >= 4 is 23.6 Å². The van der Waals surface area contributed by atoms with E-state index in [9.17, 15) is 19.7 Å². The minimum Gasteiger partial charge on any atom is -0.368 e. The first-order chi connectivity index (χ1) is 10.5. The molecule has 0 radical (unpaired) electrons. The summed E-state index contributed by atoms with van der Waals surface area (Å²) in [4.78, 5) is 34.9. The Balaban J connectivity index is 2.03. The van der Waals surface area contributed by atoms with Crippen LogP contribution in [0.3, 0.4) is 0 Å². The third-order valence-electron chi connectivity index (χ3n) is 3.33. The summed E-state index contributed by atoms with van der Waals surface area (Å²) in [5.41, 5.74) is 5.74. The molecular weight excluding hydrogens is 288 g/mol. The molecule has 2 rings (SSSR count). The van der Waals surface area contributed by atoms with E-state index < -0.39 is 16.9 Å². The molecule has 1 heterocycles. The van der Waals surface area contributed by atoms with E-state index in [0.29, 0.717) is 18.7 Å². The topological polar surface area (TPSA) is 119 Å². The van der Waals surface area contributed by atoms with Crippen LogP contribution >= 0.6 is 0 Å². The summed E-state index contributed by atoms with van der Waals surface area (Å²) in [7, 11) is 0. The van der Waals surface area contributed by atoms with Crippen LogP contribution in [0.25, 0.3) is 6.08 Å². The molecule has 1 aromatic rings. The minimum absolute atomic E-state index is 0.0365. The maximum atomic E-state index is 12.1. The van der Waals surface area contributed by atoms with Gasteiger partial charge in [0.25, 0.3) is 5.69 Å². The zero-order valence-electron chi connectivity index (χ0n) is 11.8. The lowest BCUT2D eigenvalue weighted by Crippen LogP contribution is -2.57. The van der Waals surface area contributed by atoms with Gasteiger partial charge in [0, 0.05) is 37.8 Å². The van der Waals surface area contributed by atoms with E-state index >= 15 is 0 Å². The van der Waals surface area contributed by atoms with E-state index in [0.717, 1.165) is 0 Å². The largest absolute Gasteiger partial charge is 0.368 e. The molecule has 0 spiro atoms. The van der Waals surface area contributed by atoms with E-state index in [2.05, 4.69) is 5.32 Å². The van der Waals surface area contributed by atoms with Gasteiger partial charge in [-0.25, -0.2) is 0 Å². The third-order valence-corrected chi connectivity index (χ3v) is 3.33. The smallest absolute Gasteiger partial charge is 0.270 e. The minimum atomic E-state index is -0.552. The van der Waals surface area contributed by atoms with E-state index in [1.807, 2.05) is 0 Å². The Morgan fingerprint density at radius 3 is 2.91 bits per heavy atom. The average Bonchev–Trinajstić information content (AvgIpc) is 2.53. The monoisotopic (exact) mass is 304 g/mol. The first-order valence-corrected chi connectivity index (χ1v) is 6.71. The number of carbonyl (C=O) groups is 2. The molecule has 1 aliphatic heterocycles. The normalized spacial score (nSPS) is 18.4. The quantitative estimate of drug-likeness (QED) is 0.457. The van der Waals surface area contributed by atoms with Gasteiger partial charge in [0.1, 0.15) is 6.04 Å². The number of hydrogen-bond acceptors (Lipinski definition) is 5. The van der Waals surface area contributed by atoms with Gasteiger partial charge in [-0.2, -0.15) is 0 Å². The Morgan fingerprint density at radius 1 is 1.45 bits per heavy atom. The van der Waals surface area contributed by atoms with Crippen LogP contribution in [-0.2, 0) is 9.59 Å². The molecule has 3 N–H and O–H groups in total. The Labute approximate surface area is 126 Å². The zero-order valence-corrected chi connectivity index (χ0v) is 11.8. The van der Waals surface area contributed by atoms with Gasteiger partial charge >= 0.3 is 0 Å². The molecule has 8 nitrogen and oxygen atoms in total. The number of nitrogens with zero attached hydrogens (tertiary/aromatic N) is 2. The molecule has 1 atom stereocenters. The Kier molecular flexibility index (Phi) is 4.84. The molecule has 8 heteroatoms. The first-order valence-electron chi connectivity index (χ1n) is 6.71. The molecule has 0 aliphatic carbocycles. The van der Waals surface area contributed by atoms with E-state index in [1.54, 1.807) is 12.1 Å². The summed E-state index contributed by atoms with van der Waals surface area (Å²) in [6.45, 7) is 1.18. The summed E-state index contributed by atoms with van der Waals surface area (Å²) in [6, 6.07) is 5.43.